The van der Waals surface area contributed by atoms with Crippen molar-refractivity contribution in [3.63, 3.8) is 0 Å². The molecule has 0 aliphatic carbocycles. The number of rotatable bonds is 7. The largest absolute Gasteiger partial charge is 0.496 e. The zero-order valence-electron chi connectivity index (χ0n) is 15.3. The van der Waals surface area contributed by atoms with Gasteiger partial charge in [0, 0.05) is 23.4 Å². The highest BCUT2D eigenvalue weighted by Gasteiger charge is 2.21. The van der Waals surface area contributed by atoms with Crippen molar-refractivity contribution in [2.24, 2.45) is 0 Å². The number of hydrogen-bond acceptors (Lipinski definition) is 5. The number of carbonyl (C=O) groups excluding carboxylic acids is 3. The van der Waals surface area contributed by atoms with E-state index in [9.17, 15) is 14.4 Å². The molecular weight excluding hydrogens is 336 g/mol. The number of nitrogens with one attached hydrogen (secondary N) is 2. The number of hydrogen-bond donors (Lipinski definition) is 2. The highest BCUT2D eigenvalue weighted by Crippen LogP contribution is 2.19. The fraction of sp³-hybridized carbons (Fsp3) is 0.316. The minimum absolute atomic E-state index is 0.134. The van der Waals surface area contributed by atoms with E-state index in [2.05, 4.69) is 10.3 Å². The van der Waals surface area contributed by atoms with Gasteiger partial charge in [-0.05, 0) is 32.4 Å². The number of para-hydroxylation sites is 1. The van der Waals surface area contributed by atoms with Gasteiger partial charge in [0.1, 0.15) is 11.4 Å². The quantitative estimate of drug-likeness (QED) is 0.585. The number of ether oxygens (including phenoxy) is 2. The van der Waals surface area contributed by atoms with E-state index in [0.29, 0.717) is 22.6 Å². The molecule has 1 aromatic carbocycles. The number of aryl methyl sites for hydroxylation is 1. The van der Waals surface area contributed by atoms with Crippen LogP contribution >= 0.6 is 0 Å². The Morgan fingerprint density at radius 3 is 2.46 bits per heavy atom. The Morgan fingerprint density at radius 2 is 1.85 bits per heavy atom. The maximum absolute atomic E-state index is 12.2. The average molecular weight is 358 g/mol. The molecule has 0 fully saturated rings. The topological polar surface area (TPSA) is 97.5 Å². The van der Waals surface area contributed by atoms with Gasteiger partial charge in [-0.15, -0.1) is 0 Å². The lowest BCUT2D eigenvalue weighted by atomic mass is 10.1. The molecule has 0 aliphatic rings. The molecule has 0 spiro atoms. The first-order valence-electron chi connectivity index (χ1n) is 8.11. The van der Waals surface area contributed by atoms with Crippen LogP contribution in [0.25, 0.3) is 0 Å². The van der Waals surface area contributed by atoms with Gasteiger partial charge in [0.05, 0.1) is 7.11 Å². The van der Waals surface area contributed by atoms with Gasteiger partial charge in [-0.3, -0.25) is 9.59 Å². The van der Waals surface area contributed by atoms with Crippen molar-refractivity contribution in [2.75, 3.05) is 13.7 Å². The second-order valence-electron chi connectivity index (χ2n) is 5.85. The highest BCUT2D eigenvalue weighted by atomic mass is 16.5. The lowest BCUT2D eigenvalue weighted by molar-refractivity contribution is -0.124. The molecule has 0 unspecified atom stereocenters. The summed E-state index contributed by atoms with van der Waals surface area (Å²) < 4.78 is 10.3. The van der Waals surface area contributed by atoms with E-state index in [0.717, 1.165) is 5.56 Å². The number of aromatic amines is 1. The molecule has 2 aromatic rings. The summed E-state index contributed by atoms with van der Waals surface area (Å²) >= 11 is 0. The molecule has 0 atom stereocenters. The van der Waals surface area contributed by atoms with Crippen LogP contribution in [0.15, 0.2) is 24.3 Å². The second-order valence-corrected chi connectivity index (χ2v) is 5.85. The number of esters is 1. The number of Topliss-reactive ketones (excluding diaryl/α,β-unsaturated/α-hetero) is 1. The lowest BCUT2D eigenvalue weighted by Crippen LogP contribution is -2.28. The summed E-state index contributed by atoms with van der Waals surface area (Å²) in [5.41, 5.74) is 2.59. The molecule has 0 aliphatic heterocycles. The van der Waals surface area contributed by atoms with E-state index in [1.807, 2.05) is 18.2 Å². The van der Waals surface area contributed by atoms with Gasteiger partial charge in [-0.1, -0.05) is 18.2 Å². The van der Waals surface area contributed by atoms with Crippen molar-refractivity contribution in [3.8, 4) is 5.75 Å². The highest BCUT2D eigenvalue weighted by molar-refractivity contribution is 6.01. The van der Waals surface area contributed by atoms with E-state index in [1.54, 1.807) is 27.0 Å². The van der Waals surface area contributed by atoms with Crippen LogP contribution in [-0.2, 0) is 16.1 Å². The molecular formula is C19H22N2O5. The molecule has 0 saturated carbocycles. The normalized spacial score (nSPS) is 10.3. The SMILES string of the molecule is COc1ccccc1CNC(=O)COC(=O)c1[nH]c(C)c(C(C)=O)c1C. The number of carbonyl (C=O) groups is 3. The first-order chi connectivity index (χ1) is 12.3. The zero-order valence-corrected chi connectivity index (χ0v) is 15.3. The molecule has 7 nitrogen and oxygen atoms in total. The molecule has 0 bridgehead atoms. The molecule has 1 amide bonds. The van der Waals surface area contributed by atoms with E-state index >= 15 is 0 Å². The number of amides is 1. The second kappa shape index (κ2) is 8.33. The summed E-state index contributed by atoms with van der Waals surface area (Å²) in [5, 5.41) is 2.67. The third kappa shape index (κ3) is 4.30. The van der Waals surface area contributed by atoms with Crippen LogP contribution < -0.4 is 10.1 Å². The number of benzene rings is 1. The summed E-state index contributed by atoms with van der Waals surface area (Å²) in [6.45, 7) is 4.65. The fourth-order valence-corrected chi connectivity index (χ4v) is 2.78. The molecule has 1 aromatic heterocycles. The van der Waals surface area contributed by atoms with Crippen LogP contribution in [0.4, 0.5) is 0 Å². The van der Waals surface area contributed by atoms with Crippen molar-refractivity contribution in [1.29, 1.82) is 0 Å². The number of methoxy groups -OCH3 is 1. The van der Waals surface area contributed by atoms with Gasteiger partial charge in [0.25, 0.3) is 5.91 Å². The van der Waals surface area contributed by atoms with Crippen molar-refractivity contribution in [3.05, 3.63) is 52.3 Å². The Bertz CT molecular complexity index is 838. The van der Waals surface area contributed by atoms with Gasteiger partial charge in [0.15, 0.2) is 12.4 Å². The minimum Gasteiger partial charge on any atom is -0.496 e. The number of H-pyrrole nitrogens is 1. The Balaban J connectivity index is 1.92. The minimum atomic E-state index is -0.675. The van der Waals surface area contributed by atoms with E-state index < -0.39 is 18.5 Å². The summed E-state index contributed by atoms with van der Waals surface area (Å²) in [6.07, 6.45) is 0. The first-order valence-corrected chi connectivity index (χ1v) is 8.11. The Hall–Kier alpha value is -3.09. The van der Waals surface area contributed by atoms with E-state index in [-0.39, 0.29) is 18.0 Å². The molecule has 2 rings (SSSR count). The zero-order chi connectivity index (χ0) is 19.3. The summed E-state index contributed by atoms with van der Waals surface area (Å²) in [6, 6.07) is 7.30. The Morgan fingerprint density at radius 1 is 1.15 bits per heavy atom. The van der Waals surface area contributed by atoms with Crippen molar-refractivity contribution < 1.29 is 23.9 Å². The van der Waals surface area contributed by atoms with Crippen LogP contribution in [0.5, 0.6) is 5.75 Å². The standard InChI is InChI=1S/C19H22N2O5/c1-11-17(13(3)22)12(2)21-18(11)19(24)26-10-16(23)20-9-14-7-5-6-8-15(14)25-4/h5-8,21H,9-10H2,1-4H3,(H,20,23). The van der Waals surface area contributed by atoms with E-state index in [4.69, 9.17) is 9.47 Å². The molecule has 26 heavy (non-hydrogen) atoms. The molecule has 0 saturated heterocycles. The number of aromatic nitrogens is 1. The molecule has 138 valence electrons. The molecule has 0 radical (unpaired) electrons. The average Bonchev–Trinajstić information content (AvgIpc) is 2.92. The van der Waals surface area contributed by atoms with Gasteiger partial charge in [-0.25, -0.2) is 4.79 Å². The van der Waals surface area contributed by atoms with Crippen LogP contribution in [-0.4, -0.2) is 36.4 Å². The summed E-state index contributed by atoms with van der Waals surface area (Å²) in [5.74, 6) is -0.577. The maximum Gasteiger partial charge on any atom is 0.355 e. The molecule has 1 heterocycles. The summed E-state index contributed by atoms with van der Waals surface area (Å²) in [7, 11) is 1.55. The predicted molar refractivity (Wildman–Crippen MR) is 95.4 cm³/mol. The van der Waals surface area contributed by atoms with E-state index in [1.165, 1.54) is 6.92 Å². The van der Waals surface area contributed by atoms with Gasteiger partial charge >= 0.3 is 5.97 Å². The van der Waals surface area contributed by atoms with Gasteiger partial charge < -0.3 is 19.8 Å². The van der Waals surface area contributed by atoms with Crippen LogP contribution in [0.2, 0.25) is 0 Å². The molecule has 2 N–H and O–H groups in total. The Kier molecular flexibility index (Phi) is 6.16. The summed E-state index contributed by atoms with van der Waals surface area (Å²) in [4.78, 5) is 38.6. The van der Waals surface area contributed by atoms with Crippen LogP contribution in [0, 0.1) is 13.8 Å². The van der Waals surface area contributed by atoms with Gasteiger partial charge in [0.2, 0.25) is 0 Å². The first kappa shape index (κ1) is 19.2. The Labute approximate surface area is 151 Å². The van der Waals surface area contributed by atoms with Gasteiger partial charge in [-0.2, -0.15) is 0 Å². The fourth-order valence-electron chi connectivity index (χ4n) is 2.78. The third-order valence-electron chi connectivity index (χ3n) is 4.00. The van der Waals surface area contributed by atoms with Crippen LogP contribution in [0.3, 0.4) is 0 Å². The smallest absolute Gasteiger partial charge is 0.355 e. The number of ketones is 1. The van der Waals surface area contributed by atoms with Crippen molar-refractivity contribution >= 4 is 17.7 Å². The maximum atomic E-state index is 12.2. The monoisotopic (exact) mass is 358 g/mol. The van der Waals surface area contributed by atoms with Crippen LogP contribution in [0.1, 0.15) is 44.6 Å². The molecule has 7 heteroatoms. The lowest BCUT2D eigenvalue weighted by Gasteiger charge is -2.10. The third-order valence-corrected chi connectivity index (χ3v) is 4.00. The van der Waals surface area contributed by atoms with Crippen molar-refractivity contribution in [1.82, 2.24) is 10.3 Å². The van der Waals surface area contributed by atoms with Crippen molar-refractivity contribution in [2.45, 2.75) is 27.3 Å². The predicted octanol–water partition coefficient (Wildman–Crippen LogP) is 2.32.